The lowest BCUT2D eigenvalue weighted by molar-refractivity contribution is 0.132. The van der Waals surface area contributed by atoms with Crippen LogP contribution in [0.3, 0.4) is 0 Å². The quantitative estimate of drug-likeness (QED) is 0.762. The third-order valence-corrected chi connectivity index (χ3v) is 4.07. The number of benzene rings is 2. The van der Waals surface area contributed by atoms with Crippen molar-refractivity contribution in [3.63, 3.8) is 0 Å². The molecule has 0 fully saturated rings. The molecule has 0 unspecified atom stereocenters. The first-order valence-electron chi connectivity index (χ1n) is 7.63. The molecule has 1 heterocycles. The predicted molar refractivity (Wildman–Crippen MR) is 91.2 cm³/mol. The van der Waals surface area contributed by atoms with Crippen molar-refractivity contribution >= 4 is 10.9 Å². The molecule has 0 saturated carbocycles. The Bertz CT molecular complexity index is 833. The Hall–Kier alpha value is -2.61. The van der Waals surface area contributed by atoms with Crippen LogP contribution in [0.15, 0.2) is 60.8 Å². The van der Waals surface area contributed by atoms with Gasteiger partial charge in [-0.1, -0.05) is 30.3 Å². The molecular formula is C19H19N3O. The van der Waals surface area contributed by atoms with Gasteiger partial charge in [0, 0.05) is 23.6 Å². The summed E-state index contributed by atoms with van der Waals surface area (Å²) in [6.45, 7) is 0.496. The van der Waals surface area contributed by atoms with Gasteiger partial charge in [-0.3, -0.25) is 0 Å². The van der Waals surface area contributed by atoms with Crippen LogP contribution in [0, 0.1) is 11.3 Å². The van der Waals surface area contributed by atoms with Crippen LogP contribution in [0.4, 0.5) is 0 Å². The highest BCUT2D eigenvalue weighted by molar-refractivity contribution is 5.82. The molecule has 0 aliphatic carbocycles. The fraction of sp³-hybridized carbons (Fsp3) is 0.211. The molecule has 0 saturated heterocycles. The van der Waals surface area contributed by atoms with Crippen LogP contribution >= 0.6 is 0 Å². The summed E-state index contributed by atoms with van der Waals surface area (Å²) >= 11 is 0. The Kier molecular flexibility index (Phi) is 4.42. The largest absolute Gasteiger partial charge is 0.389 e. The molecule has 0 spiro atoms. The minimum Gasteiger partial charge on any atom is -0.389 e. The van der Waals surface area contributed by atoms with E-state index in [9.17, 15) is 5.11 Å². The first kappa shape index (κ1) is 15.3. The summed E-state index contributed by atoms with van der Waals surface area (Å²) in [6.07, 6.45) is 1.41. The molecule has 3 rings (SSSR count). The van der Waals surface area contributed by atoms with E-state index in [4.69, 9.17) is 5.26 Å². The van der Waals surface area contributed by atoms with Gasteiger partial charge in [-0.25, -0.2) is 0 Å². The number of nitrogens with zero attached hydrogens (tertiary/aromatic N) is 2. The molecule has 2 N–H and O–H groups in total. The SMILES string of the molecule is CNC[C@@H](O)[C@H](c1ccccc1)n1ccc2cc(C#N)ccc21. The Balaban J connectivity index is 2.12. The van der Waals surface area contributed by atoms with Crippen molar-refractivity contribution in [1.29, 1.82) is 5.26 Å². The lowest BCUT2D eigenvalue weighted by atomic mass is 10.0. The number of nitrogens with one attached hydrogen (secondary N) is 1. The van der Waals surface area contributed by atoms with Crippen LogP contribution in [0.25, 0.3) is 10.9 Å². The Morgan fingerprint density at radius 2 is 1.96 bits per heavy atom. The van der Waals surface area contributed by atoms with E-state index in [2.05, 4.69) is 16.0 Å². The number of aliphatic hydroxyl groups is 1. The molecule has 1 aromatic heterocycles. The first-order chi connectivity index (χ1) is 11.2. The number of nitriles is 1. The molecule has 3 aromatic rings. The Morgan fingerprint density at radius 1 is 1.17 bits per heavy atom. The molecule has 4 heteroatoms. The summed E-state index contributed by atoms with van der Waals surface area (Å²) in [7, 11) is 1.83. The number of fused-ring (bicyclic) bond motifs is 1. The summed E-state index contributed by atoms with van der Waals surface area (Å²) < 4.78 is 2.08. The van der Waals surface area contributed by atoms with Crippen molar-refractivity contribution in [2.24, 2.45) is 0 Å². The van der Waals surface area contributed by atoms with Gasteiger partial charge in [0.2, 0.25) is 0 Å². The lowest BCUT2D eigenvalue weighted by Crippen LogP contribution is -2.33. The summed E-state index contributed by atoms with van der Waals surface area (Å²) in [4.78, 5) is 0. The van der Waals surface area contributed by atoms with Gasteiger partial charge in [-0.2, -0.15) is 5.26 Å². The van der Waals surface area contributed by atoms with Crippen molar-refractivity contribution in [3.8, 4) is 6.07 Å². The molecule has 2 atom stereocenters. The molecule has 0 bridgehead atoms. The second kappa shape index (κ2) is 6.66. The normalized spacial score (nSPS) is 13.6. The third-order valence-electron chi connectivity index (χ3n) is 4.07. The van der Waals surface area contributed by atoms with Gasteiger partial charge >= 0.3 is 0 Å². The fourth-order valence-electron chi connectivity index (χ4n) is 3.02. The number of hydrogen-bond acceptors (Lipinski definition) is 3. The number of rotatable bonds is 5. The highest BCUT2D eigenvalue weighted by Gasteiger charge is 2.23. The minimum atomic E-state index is -0.561. The highest BCUT2D eigenvalue weighted by Crippen LogP contribution is 2.28. The van der Waals surface area contributed by atoms with E-state index in [0.29, 0.717) is 12.1 Å². The minimum absolute atomic E-state index is 0.186. The van der Waals surface area contributed by atoms with Crippen LogP contribution in [0.2, 0.25) is 0 Å². The Labute approximate surface area is 135 Å². The lowest BCUT2D eigenvalue weighted by Gasteiger charge is -2.26. The summed E-state index contributed by atoms with van der Waals surface area (Å²) in [5.74, 6) is 0. The van der Waals surface area contributed by atoms with Gasteiger partial charge in [0.05, 0.1) is 23.8 Å². The van der Waals surface area contributed by atoms with Gasteiger partial charge in [0.1, 0.15) is 0 Å². The van der Waals surface area contributed by atoms with Gasteiger partial charge in [0.25, 0.3) is 0 Å². The second-order valence-corrected chi connectivity index (χ2v) is 5.59. The zero-order chi connectivity index (χ0) is 16.2. The highest BCUT2D eigenvalue weighted by atomic mass is 16.3. The van der Waals surface area contributed by atoms with Crippen LogP contribution < -0.4 is 5.32 Å². The van der Waals surface area contributed by atoms with Crippen LogP contribution in [-0.2, 0) is 0 Å². The maximum absolute atomic E-state index is 10.7. The van der Waals surface area contributed by atoms with Crippen LogP contribution in [0.5, 0.6) is 0 Å². The smallest absolute Gasteiger partial charge is 0.0991 e. The topological polar surface area (TPSA) is 61.0 Å². The van der Waals surface area contributed by atoms with Crippen molar-refractivity contribution in [2.45, 2.75) is 12.1 Å². The van der Waals surface area contributed by atoms with E-state index in [0.717, 1.165) is 16.5 Å². The molecule has 0 radical (unpaired) electrons. The van der Waals surface area contributed by atoms with Crippen LogP contribution in [0.1, 0.15) is 17.2 Å². The van der Waals surface area contributed by atoms with E-state index in [1.54, 1.807) is 0 Å². The molecule has 116 valence electrons. The Morgan fingerprint density at radius 3 is 2.65 bits per heavy atom. The van der Waals surface area contributed by atoms with Gasteiger partial charge in [0.15, 0.2) is 0 Å². The van der Waals surface area contributed by atoms with E-state index in [1.165, 1.54) is 0 Å². The fourth-order valence-corrected chi connectivity index (χ4v) is 3.02. The first-order valence-corrected chi connectivity index (χ1v) is 7.63. The summed E-state index contributed by atoms with van der Waals surface area (Å²) in [5, 5.41) is 23.7. The van der Waals surface area contributed by atoms with Crippen LogP contribution in [-0.4, -0.2) is 29.4 Å². The standard InChI is InChI=1S/C19H19N3O/c1-21-13-18(23)19(15-5-3-2-4-6-15)22-10-9-16-11-14(12-20)7-8-17(16)22/h2-11,18-19,21,23H,13H2,1H3/t18-,19+/m1/s1. The summed E-state index contributed by atoms with van der Waals surface area (Å²) in [6, 6.07) is 19.6. The van der Waals surface area contributed by atoms with Crippen molar-refractivity contribution in [1.82, 2.24) is 9.88 Å². The number of hydrogen-bond donors (Lipinski definition) is 2. The molecule has 23 heavy (non-hydrogen) atoms. The van der Waals surface area contributed by atoms with Gasteiger partial charge in [-0.15, -0.1) is 0 Å². The molecule has 0 aliphatic heterocycles. The maximum atomic E-state index is 10.7. The third kappa shape index (κ3) is 2.98. The monoisotopic (exact) mass is 305 g/mol. The van der Waals surface area contributed by atoms with E-state index >= 15 is 0 Å². The average Bonchev–Trinajstić information content (AvgIpc) is 2.99. The van der Waals surface area contributed by atoms with Crippen molar-refractivity contribution in [2.75, 3.05) is 13.6 Å². The number of likely N-dealkylation sites (N-methyl/N-ethyl adjacent to an activating group) is 1. The molecule has 4 nitrogen and oxygen atoms in total. The van der Waals surface area contributed by atoms with Crippen molar-refractivity contribution < 1.29 is 5.11 Å². The molecule has 0 aliphatic rings. The number of aliphatic hydroxyl groups excluding tert-OH is 1. The van der Waals surface area contributed by atoms with E-state index < -0.39 is 6.10 Å². The molecule has 2 aromatic carbocycles. The van der Waals surface area contributed by atoms with Gasteiger partial charge < -0.3 is 15.0 Å². The predicted octanol–water partition coefficient (Wildman–Crippen LogP) is 2.68. The van der Waals surface area contributed by atoms with E-state index in [1.807, 2.05) is 67.8 Å². The van der Waals surface area contributed by atoms with E-state index in [-0.39, 0.29) is 6.04 Å². The zero-order valence-electron chi connectivity index (χ0n) is 13.0. The van der Waals surface area contributed by atoms with Gasteiger partial charge in [-0.05, 0) is 36.9 Å². The van der Waals surface area contributed by atoms with Crippen molar-refractivity contribution in [3.05, 3.63) is 71.9 Å². The molecular weight excluding hydrogens is 286 g/mol. The summed E-state index contributed by atoms with van der Waals surface area (Å²) in [5.41, 5.74) is 2.70. The second-order valence-electron chi connectivity index (χ2n) is 5.59. The molecule has 0 amide bonds. The maximum Gasteiger partial charge on any atom is 0.0991 e. The zero-order valence-corrected chi connectivity index (χ0v) is 13.0. The number of aromatic nitrogens is 1. The average molecular weight is 305 g/mol.